The first-order chi connectivity index (χ1) is 16.5. The summed E-state index contributed by atoms with van der Waals surface area (Å²) >= 11 is 0. The van der Waals surface area contributed by atoms with Crippen molar-refractivity contribution < 1.29 is 19.0 Å². The first-order valence-corrected chi connectivity index (χ1v) is 11.8. The van der Waals surface area contributed by atoms with Crippen molar-refractivity contribution >= 4 is 10.9 Å². The van der Waals surface area contributed by atoms with Gasteiger partial charge in [0.1, 0.15) is 24.6 Å². The third-order valence-electron chi connectivity index (χ3n) is 7.12. The Balaban J connectivity index is 1.09. The molecule has 1 saturated heterocycles. The van der Waals surface area contributed by atoms with Gasteiger partial charge in [0, 0.05) is 36.8 Å². The maximum absolute atomic E-state index is 14.8. The number of fused-ring (bicyclic) bond motifs is 1. The fourth-order valence-corrected chi connectivity index (χ4v) is 5.44. The Bertz CT molecular complexity index is 1300. The first-order valence-electron chi connectivity index (χ1n) is 11.8. The number of halogens is 1. The molecule has 1 aromatic carbocycles. The smallest absolute Gasteiger partial charge is 0.251 e. The van der Waals surface area contributed by atoms with Crippen LogP contribution in [-0.2, 0) is 18.7 Å². The van der Waals surface area contributed by atoms with E-state index in [-0.39, 0.29) is 17.7 Å². The molecular formula is C25H27FN4O4. The van der Waals surface area contributed by atoms with Crippen LogP contribution in [0.25, 0.3) is 10.9 Å². The van der Waals surface area contributed by atoms with Crippen LogP contribution in [-0.4, -0.2) is 58.4 Å². The van der Waals surface area contributed by atoms with E-state index in [1.165, 1.54) is 16.7 Å². The largest absolute Gasteiger partial charge is 0.486 e. The molecule has 3 aliphatic rings. The second-order valence-electron chi connectivity index (χ2n) is 9.40. The first kappa shape index (κ1) is 21.5. The SMILES string of the molecule is O=c1ccc2ccc(F)c3c2n1C[C@@]3(O)CN1CCC(NCc2cc3c(cn2)OCCO3)CC1. The molecule has 0 spiro atoms. The number of nitrogens with one attached hydrogen (secondary N) is 1. The number of rotatable bonds is 5. The third-order valence-corrected chi connectivity index (χ3v) is 7.12. The van der Waals surface area contributed by atoms with Gasteiger partial charge >= 0.3 is 0 Å². The quantitative estimate of drug-likeness (QED) is 0.592. The lowest BCUT2D eigenvalue weighted by Crippen LogP contribution is -2.48. The van der Waals surface area contributed by atoms with Crippen LogP contribution in [0.2, 0.25) is 0 Å². The predicted molar refractivity (Wildman–Crippen MR) is 124 cm³/mol. The van der Waals surface area contributed by atoms with E-state index < -0.39 is 11.4 Å². The Morgan fingerprint density at radius 1 is 1.15 bits per heavy atom. The summed E-state index contributed by atoms with van der Waals surface area (Å²) in [7, 11) is 0. The number of ether oxygens (including phenoxy) is 2. The molecule has 0 unspecified atom stereocenters. The topological polar surface area (TPSA) is 88.9 Å². The summed E-state index contributed by atoms with van der Waals surface area (Å²) < 4.78 is 27.5. The minimum Gasteiger partial charge on any atom is -0.486 e. The summed E-state index contributed by atoms with van der Waals surface area (Å²) in [4.78, 5) is 19.0. The van der Waals surface area contributed by atoms with Gasteiger partial charge in [-0.05, 0) is 49.5 Å². The van der Waals surface area contributed by atoms with Gasteiger partial charge in [-0.3, -0.25) is 14.7 Å². The van der Waals surface area contributed by atoms with Crippen LogP contribution < -0.4 is 20.3 Å². The number of hydrogen-bond acceptors (Lipinski definition) is 7. The van der Waals surface area contributed by atoms with E-state index in [9.17, 15) is 14.3 Å². The molecule has 9 heteroatoms. The number of aliphatic hydroxyl groups is 1. The van der Waals surface area contributed by atoms with E-state index in [1.807, 2.05) is 6.07 Å². The number of aromatic nitrogens is 2. The monoisotopic (exact) mass is 466 g/mol. The van der Waals surface area contributed by atoms with Crippen LogP contribution in [0, 0.1) is 5.82 Å². The van der Waals surface area contributed by atoms with Crippen LogP contribution in [0.15, 0.2) is 41.3 Å². The van der Waals surface area contributed by atoms with Gasteiger partial charge in [0.25, 0.3) is 5.56 Å². The molecule has 8 nitrogen and oxygen atoms in total. The van der Waals surface area contributed by atoms with E-state index in [4.69, 9.17) is 9.47 Å². The lowest BCUT2D eigenvalue weighted by molar-refractivity contribution is -0.0159. The Kier molecular flexibility index (Phi) is 5.28. The summed E-state index contributed by atoms with van der Waals surface area (Å²) in [5, 5.41) is 15.8. The molecule has 178 valence electrons. The lowest BCUT2D eigenvalue weighted by Gasteiger charge is -2.37. The van der Waals surface area contributed by atoms with E-state index in [1.54, 1.807) is 18.3 Å². The number of benzene rings is 1. The molecule has 0 aliphatic carbocycles. The van der Waals surface area contributed by atoms with Gasteiger partial charge in [-0.1, -0.05) is 0 Å². The van der Waals surface area contributed by atoms with Crippen molar-refractivity contribution in [3.8, 4) is 11.5 Å². The van der Waals surface area contributed by atoms with Gasteiger partial charge in [0.2, 0.25) is 0 Å². The summed E-state index contributed by atoms with van der Waals surface area (Å²) in [6.07, 6.45) is 3.51. The van der Waals surface area contributed by atoms with Crippen molar-refractivity contribution in [2.45, 2.75) is 37.6 Å². The molecular weight excluding hydrogens is 439 g/mol. The molecule has 2 N–H and O–H groups in total. The Morgan fingerprint density at radius 3 is 2.74 bits per heavy atom. The maximum Gasteiger partial charge on any atom is 0.251 e. The van der Waals surface area contributed by atoms with Gasteiger partial charge in [-0.2, -0.15) is 0 Å². The summed E-state index contributed by atoms with van der Waals surface area (Å²) in [6.45, 7) is 3.65. The van der Waals surface area contributed by atoms with Gasteiger partial charge in [-0.25, -0.2) is 4.39 Å². The highest BCUT2D eigenvalue weighted by Gasteiger charge is 2.42. The predicted octanol–water partition coefficient (Wildman–Crippen LogP) is 1.76. The molecule has 0 amide bonds. The highest BCUT2D eigenvalue weighted by atomic mass is 19.1. The summed E-state index contributed by atoms with van der Waals surface area (Å²) in [5.41, 5.74) is 0.0164. The highest BCUT2D eigenvalue weighted by molar-refractivity contribution is 5.85. The minimum atomic E-state index is -1.42. The fraction of sp³-hybridized carbons (Fsp3) is 0.440. The van der Waals surface area contributed by atoms with E-state index in [0.717, 1.165) is 42.8 Å². The van der Waals surface area contributed by atoms with Gasteiger partial charge in [0.05, 0.1) is 24.0 Å². The minimum absolute atomic E-state index is 0.0768. The highest BCUT2D eigenvalue weighted by Crippen LogP contribution is 2.38. The second kappa shape index (κ2) is 8.33. The average molecular weight is 467 g/mol. The standard InChI is InChI=1S/C25H27FN4O4/c26-19-3-1-16-2-4-22(31)30-15-25(32,23(19)24(16)30)14-29-7-5-17(6-8-29)27-12-18-11-20-21(13-28-18)34-10-9-33-20/h1-4,11,13,17,27,32H,5-10,12,14-15H2/t25-/m0/s1. The van der Waals surface area contributed by atoms with Crippen LogP contribution in [0.3, 0.4) is 0 Å². The Labute approximate surface area is 195 Å². The van der Waals surface area contributed by atoms with Crippen molar-refractivity contribution in [3.05, 3.63) is 64.0 Å². The number of likely N-dealkylation sites (tertiary alicyclic amines) is 1. The molecule has 5 heterocycles. The zero-order chi connectivity index (χ0) is 23.3. The molecule has 3 aromatic rings. The molecule has 0 saturated carbocycles. The molecule has 1 atom stereocenters. The molecule has 1 fully saturated rings. The normalized spacial score (nSPS) is 22.4. The molecule has 6 rings (SSSR count). The van der Waals surface area contributed by atoms with Gasteiger partial charge < -0.3 is 24.5 Å². The molecule has 34 heavy (non-hydrogen) atoms. The van der Waals surface area contributed by atoms with Crippen molar-refractivity contribution in [3.63, 3.8) is 0 Å². The lowest BCUT2D eigenvalue weighted by atomic mass is 9.92. The number of hydrogen-bond donors (Lipinski definition) is 2. The van der Waals surface area contributed by atoms with Crippen molar-refractivity contribution in [1.29, 1.82) is 0 Å². The van der Waals surface area contributed by atoms with E-state index >= 15 is 0 Å². The average Bonchev–Trinajstić information content (AvgIpc) is 3.17. The van der Waals surface area contributed by atoms with Gasteiger partial charge in [-0.15, -0.1) is 0 Å². The number of nitrogens with zero attached hydrogens (tertiary/aromatic N) is 3. The van der Waals surface area contributed by atoms with E-state index in [2.05, 4.69) is 15.2 Å². The Hall–Kier alpha value is -3.01. The van der Waals surface area contributed by atoms with Crippen molar-refractivity contribution in [2.24, 2.45) is 0 Å². The summed E-state index contributed by atoms with van der Waals surface area (Å²) in [5.74, 6) is 0.958. The maximum atomic E-state index is 14.8. The van der Waals surface area contributed by atoms with Crippen LogP contribution >= 0.6 is 0 Å². The van der Waals surface area contributed by atoms with Crippen LogP contribution in [0.5, 0.6) is 11.5 Å². The van der Waals surface area contributed by atoms with Crippen molar-refractivity contribution in [2.75, 3.05) is 32.8 Å². The molecule has 0 bridgehead atoms. The van der Waals surface area contributed by atoms with Crippen LogP contribution in [0.4, 0.5) is 4.39 Å². The molecule has 0 radical (unpaired) electrons. The number of piperidine rings is 1. The third kappa shape index (κ3) is 3.73. The summed E-state index contributed by atoms with van der Waals surface area (Å²) in [6, 6.07) is 8.44. The van der Waals surface area contributed by atoms with E-state index in [0.29, 0.717) is 43.6 Å². The van der Waals surface area contributed by atoms with Gasteiger partial charge in [0.15, 0.2) is 11.5 Å². The molecule has 2 aromatic heterocycles. The number of β-amino-alcohol motifs (C(OH)–C–C–N with tert-alkyl or cyclic N) is 1. The van der Waals surface area contributed by atoms with Crippen LogP contribution in [0.1, 0.15) is 24.1 Å². The number of pyridine rings is 2. The van der Waals surface area contributed by atoms with Crippen molar-refractivity contribution in [1.82, 2.24) is 19.8 Å². The second-order valence-corrected chi connectivity index (χ2v) is 9.40. The Morgan fingerprint density at radius 2 is 1.91 bits per heavy atom. The zero-order valence-corrected chi connectivity index (χ0v) is 18.8. The zero-order valence-electron chi connectivity index (χ0n) is 18.8. The fourth-order valence-electron chi connectivity index (χ4n) is 5.44. The molecule has 3 aliphatic heterocycles.